The van der Waals surface area contributed by atoms with Crippen LogP contribution in [0.3, 0.4) is 0 Å². The molecule has 0 saturated heterocycles. The van der Waals surface area contributed by atoms with E-state index in [0.717, 1.165) is 5.92 Å². The highest BCUT2D eigenvalue weighted by Crippen LogP contribution is 2.35. The molecule has 0 atom stereocenters. The minimum Gasteiger partial charge on any atom is -0.0794 e. The van der Waals surface area contributed by atoms with Gasteiger partial charge < -0.3 is 0 Å². The van der Waals surface area contributed by atoms with Crippen LogP contribution in [0.25, 0.3) is 0 Å². The lowest BCUT2D eigenvalue weighted by Crippen LogP contribution is -2.15. The molecule has 0 aromatic heterocycles. The zero-order chi connectivity index (χ0) is 8.48. The summed E-state index contributed by atoms with van der Waals surface area (Å²) in [7, 11) is 0. The van der Waals surface area contributed by atoms with Crippen LogP contribution in [0.2, 0.25) is 0 Å². The normalized spacial score (nSPS) is 23.5. The molecule has 0 N–H and O–H groups in total. The number of hydrogen-bond acceptors (Lipinski definition) is 0. The molecule has 0 aromatic carbocycles. The molecular weight excluding hydrogens is 132 g/mol. The Balaban J connectivity index is 2.73. The molecule has 64 valence electrons. The predicted molar refractivity (Wildman–Crippen MR) is 50.6 cm³/mol. The van der Waals surface area contributed by atoms with Gasteiger partial charge in [-0.25, -0.2) is 0 Å². The van der Waals surface area contributed by atoms with Crippen molar-refractivity contribution in [2.45, 2.75) is 47.0 Å². The van der Waals surface area contributed by atoms with E-state index in [1.807, 2.05) is 0 Å². The lowest BCUT2D eigenvalue weighted by molar-refractivity contribution is 0.386. The van der Waals surface area contributed by atoms with Gasteiger partial charge in [-0.15, -0.1) is 0 Å². The maximum absolute atomic E-state index is 2.49. The van der Waals surface area contributed by atoms with Crippen molar-refractivity contribution >= 4 is 0 Å². The topological polar surface area (TPSA) is 0 Å². The number of rotatable bonds is 1. The van der Waals surface area contributed by atoms with Gasteiger partial charge in [-0.05, 0) is 30.6 Å². The van der Waals surface area contributed by atoms with Crippen LogP contribution in [-0.2, 0) is 0 Å². The fourth-order valence-electron chi connectivity index (χ4n) is 1.85. The first-order valence-corrected chi connectivity index (χ1v) is 4.73. The first-order valence-electron chi connectivity index (χ1n) is 4.73. The summed E-state index contributed by atoms with van der Waals surface area (Å²) in [4.78, 5) is 0. The molecule has 1 rings (SSSR count). The minimum absolute atomic E-state index is 0.470. The third-order valence-corrected chi connectivity index (χ3v) is 2.60. The second-order valence-electron chi connectivity index (χ2n) is 4.72. The molecule has 0 nitrogen and oxygen atoms in total. The molecule has 0 amide bonds. The molecule has 0 aromatic rings. The van der Waals surface area contributed by atoms with Crippen LogP contribution in [0.1, 0.15) is 47.0 Å². The molecule has 1 aliphatic rings. The van der Waals surface area contributed by atoms with E-state index in [0.29, 0.717) is 5.41 Å². The second-order valence-corrected chi connectivity index (χ2v) is 4.72. The highest BCUT2D eigenvalue weighted by atomic mass is 14.3. The van der Waals surface area contributed by atoms with Gasteiger partial charge in [0.05, 0.1) is 0 Å². The molecule has 0 radical (unpaired) electrons. The van der Waals surface area contributed by atoms with Crippen LogP contribution in [0.15, 0.2) is 11.6 Å². The van der Waals surface area contributed by atoms with E-state index in [1.165, 1.54) is 19.3 Å². The van der Waals surface area contributed by atoms with Gasteiger partial charge in [-0.3, -0.25) is 0 Å². The quantitative estimate of drug-likeness (QED) is 0.502. The van der Waals surface area contributed by atoms with Gasteiger partial charge in [0, 0.05) is 0 Å². The zero-order valence-corrected chi connectivity index (χ0v) is 8.28. The van der Waals surface area contributed by atoms with Crippen molar-refractivity contribution < 1.29 is 0 Å². The van der Waals surface area contributed by atoms with Gasteiger partial charge >= 0.3 is 0 Å². The van der Waals surface area contributed by atoms with Crippen molar-refractivity contribution in [2.24, 2.45) is 11.3 Å². The van der Waals surface area contributed by atoms with E-state index in [1.54, 1.807) is 5.57 Å². The van der Waals surface area contributed by atoms with Crippen molar-refractivity contribution in [1.82, 2.24) is 0 Å². The molecule has 0 unspecified atom stereocenters. The fourth-order valence-corrected chi connectivity index (χ4v) is 1.85. The minimum atomic E-state index is 0.470. The third kappa shape index (κ3) is 2.36. The van der Waals surface area contributed by atoms with Gasteiger partial charge in [0.2, 0.25) is 0 Å². The van der Waals surface area contributed by atoms with E-state index in [4.69, 9.17) is 0 Å². The zero-order valence-electron chi connectivity index (χ0n) is 8.28. The summed E-state index contributed by atoms with van der Waals surface area (Å²) >= 11 is 0. The first kappa shape index (κ1) is 8.83. The Morgan fingerprint density at radius 3 is 2.36 bits per heavy atom. The van der Waals surface area contributed by atoms with Gasteiger partial charge in [0.15, 0.2) is 0 Å². The Bertz CT molecular complexity index is 161. The van der Waals surface area contributed by atoms with Gasteiger partial charge in [0.25, 0.3) is 0 Å². The highest BCUT2D eigenvalue weighted by molar-refractivity contribution is 5.13. The summed E-state index contributed by atoms with van der Waals surface area (Å²) < 4.78 is 0. The summed E-state index contributed by atoms with van der Waals surface area (Å²) in [5.41, 5.74) is 2.14. The largest absolute Gasteiger partial charge is 0.0794 e. The predicted octanol–water partition coefficient (Wildman–Crippen LogP) is 3.78. The van der Waals surface area contributed by atoms with Crippen molar-refractivity contribution in [2.75, 3.05) is 0 Å². The molecule has 0 spiro atoms. The molecule has 0 aliphatic heterocycles. The maximum Gasteiger partial charge on any atom is -0.0172 e. The molecule has 0 saturated carbocycles. The second kappa shape index (κ2) is 3.00. The van der Waals surface area contributed by atoms with Crippen LogP contribution in [0.4, 0.5) is 0 Å². The Hall–Kier alpha value is -0.260. The highest BCUT2D eigenvalue weighted by Gasteiger charge is 2.20. The Morgan fingerprint density at radius 2 is 2.00 bits per heavy atom. The maximum atomic E-state index is 2.49. The van der Waals surface area contributed by atoms with Crippen molar-refractivity contribution in [1.29, 1.82) is 0 Å². The van der Waals surface area contributed by atoms with E-state index in [9.17, 15) is 0 Å². The number of hydrogen-bond donors (Lipinski definition) is 0. The molecule has 0 heterocycles. The van der Waals surface area contributed by atoms with Gasteiger partial charge in [-0.1, -0.05) is 39.3 Å². The molecule has 0 heteroatoms. The first-order chi connectivity index (χ1) is 5.01. The van der Waals surface area contributed by atoms with E-state index < -0.39 is 0 Å². The van der Waals surface area contributed by atoms with Crippen molar-refractivity contribution in [3.63, 3.8) is 0 Å². The SMILES string of the molecule is CC(C)C1=CC(C)(C)CCC1. The Morgan fingerprint density at radius 1 is 1.36 bits per heavy atom. The van der Waals surface area contributed by atoms with E-state index >= 15 is 0 Å². The van der Waals surface area contributed by atoms with E-state index in [-0.39, 0.29) is 0 Å². The summed E-state index contributed by atoms with van der Waals surface area (Å²) in [5, 5.41) is 0. The summed E-state index contributed by atoms with van der Waals surface area (Å²) in [6.45, 7) is 9.28. The molecule has 11 heavy (non-hydrogen) atoms. The average Bonchev–Trinajstić information content (AvgIpc) is 1.85. The van der Waals surface area contributed by atoms with Crippen LogP contribution in [0.5, 0.6) is 0 Å². The monoisotopic (exact) mass is 152 g/mol. The van der Waals surface area contributed by atoms with Crippen LogP contribution < -0.4 is 0 Å². The Kier molecular flexibility index (Phi) is 2.41. The summed E-state index contributed by atoms with van der Waals surface area (Å²) in [6, 6.07) is 0. The van der Waals surface area contributed by atoms with Crippen LogP contribution in [0, 0.1) is 11.3 Å². The Labute approximate surface area is 70.7 Å². The van der Waals surface area contributed by atoms with Crippen molar-refractivity contribution in [3.8, 4) is 0 Å². The van der Waals surface area contributed by atoms with Crippen LogP contribution >= 0.6 is 0 Å². The lowest BCUT2D eigenvalue weighted by Gasteiger charge is -2.29. The average molecular weight is 152 g/mol. The molecule has 0 fully saturated rings. The summed E-state index contributed by atoms with van der Waals surface area (Å²) in [6.07, 6.45) is 6.57. The smallest absolute Gasteiger partial charge is 0.0172 e. The fraction of sp³-hybridized carbons (Fsp3) is 0.818. The summed E-state index contributed by atoms with van der Waals surface area (Å²) in [5.74, 6) is 0.759. The molecule has 1 aliphatic carbocycles. The number of allylic oxidation sites excluding steroid dienone is 2. The van der Waals surface area contributed by atoms with Crippen molar-refractivity contribution in [3.05, 3.63) is 11.6 Å². The lowest BCUT2D eigenvalue weighted by atomic mass is 9.77. The van der Waals surface area contributed by atoms with Crippen LogP contribution in [-0.4, -0.2) is 0 Å². The molecule has 0 bridgehead atoms. The van der Waals surface area contributed by atoms with E-state index in [2.05, 4.69) is 33.8 Å². The van der Waals surface area contributed by atoms with Gasteiger partial charge in [-0.2, -0.15) is 0 Å². The standard InChI is InChI=1S/C11H20/c1-9(2)10-6-5-7-11(3,4)8-10/h8-9H,5-7H2,1-4H3. The van der Waals surface area contributed by atoms with Gasteiger partial charge in [0.1, 0.15) is 0 Å². The third-order valence-electron chi connectivity index (χ3n) is 2.60. The molecular formula is C11H20.